The summed E-state index contributed by atoms with van der Waals surface area (Å²) >= 11 is 5.96. The molecule has 0 aliphatic rings. The van der Waals surface area contributed by atoms with E-state index in [0.29, 0.717) is 16.5 Å². The molecular weight excluding hydrogens is 370 g/mol. The summed E-state index contributed by atoms with van der Waals surface area (Å²) in [4.78, 5) is 24.0. The van der Waals surface area contributed by atoms with Crippen molar-refractivity contribution in [2.45, 2.75) is 6.61 Å². The van der Waals surface area contributed by atoms with E-state index in [1.54, 1.807) is 12.1 Å². The number of anilines is 1. The highest BCUT2D eigenvalue weighted by Crippen LogP contribution is 2.27. The van der Waals surface area contributed by atoms with Gasteiger partial charge in [-0.1, -0.05) is 23.7 Å². The minimum Gasteiger partial charge on any atom is -0.495 e. The van der Waals surface area contributed by atoms with E-state index in [2.05, 4.69) is 15.4 Å². The fraction of sp³-hybridized carbons (Fsp3) is 0.176. The number of nitrogens with one attached hydrogen (secondary N) is 2. The quantitative estimate of drug-likeness (QED) is 0.767. The zero-order chi connectivity index (χ0) is 19.1. The Bertz CT molecular complexity index is 802. The van der Waals surface area contributed by atoms with E-state index in [0.717, 1.165) is 0 Å². The average molecular weight is 385 g/mol. The van der Waals surface area contributed by atoms with Crippen LogP contribution >= 0.6 is 11.6 Å². The number of carbonyl (C=O) groups excluding carboxylic acids is 2. The molecule has 0 fully saturated rings. The molecule has 0 aromatic heterocycles. The van der Waals surface area contributed by atoms with Crippen molar-refractivity contribution in [2.75, 3.05) is 19.0 Å². The number of halogens is 3. The number of alkyl halides is 2. The fourth-order valence-electron chi connectivity index (χ4n) is 2.06. The van der Waals surface area contributed by atoms with Crippen molar-refractivity contribution in [3.63, 3.8) is 0 Å². The normalized spacial score (nSPS) is 10.3. The number of benzene rings is 2. The van der Waals surface area contributed by atoms with Gasteiger partial charge in [0.2, 0.25) is 5.91 Å². The van der Waals surface area contributed by atoms with Gasteiger partial charge in [-0.25, -0.2) is 0 Å². The van der Waals surface area contributed by atoms with Gasteiger partial charge < -0.3 is 20.1 Å². The second kappa shape index (κ2) is 9.00. The largest absolute Gasteiger partial charge is 0.495 e. The van der Waals surface area contributed by atoms with Crippen LogP contribution < -0.4 is 20.1 Å². The first-order valence-corrected chi connectivity index (χ1v) is 7.74. The predicted octanol–water partition coefficient (Wildman–Crippen LogP) is 3.32. The van der Waals surface area contributed by atoms with Crippen molar-refractivity contribution >= 4 is 29.1 Å². The van der Waals surface area contributed by atoms with E-state index < -0.39 is 18.4 Å². The zero-order valence-electron chi connectivity index (χ0n) is 13.6. The maximum absolute atomic E-state index is 12.4. The van der Waals surface area contributed by atoms with Gasteiger partial charge in [0.1, 0.15) is 11.5 Å². The third-order valence-corrected chi connectivity index (χ3v) is 3.49. The summed E-state index contributed by atoms with van der Waals surface area (Å²) in [5.74, 6) is -1.06. The van der Waals surface area contributed by atoms with E-state index >= 15 is 0 Å². The highest BCUT2D eigenvalue weighted by Gasteiger charge is 2.16. The number of carbonyl (C=O) groups is 2. The van der Waals surface area contributed by atoms with Crippen molar-refractivity contribution in [3.8, 4) is 11.5 Å². The molecule has 0 saturated heterocycles. The summed E-state index contributed by atoms with van der Waals surface area (Å²) in [6.45, 7) is -3.43. The molecule has 0 unspecified atom stereocenters. The zero-order valence-corrected chi connectivity index (χ0v) is 14.3. The third kappa shape index (κ3) is 5.32. The molecule has 2 N–H and O–H groups in total. The molecule has 9 heteroatoms. The van der Waals surface area contributed by atoms with Crippen molar-refractivity contribution in [1.29, 1.82) is 0 Å². The van der Waals surface area contributed by atoms with E-state index in [9.17, 15) is 18.4 Å². The maximum atomic E-state index is 12.4. The SMILES string of the molecule is COc1ccc(NC(=O)CNC(=O)c2ccccc2OC(F)F)cc1Cl. The van der Waals surface area contributed by atoms with Crippen LogP contribution in [0.5, 0.6) is 11.5 Å². The molecule has 0 heterocycles. The lowest BCUT2D eigenvalue weighted by molar-refractivity contribution is -0.115. The summed E-state index contributed by atoms with van der Waals surface area (Å²) in [5.41, 5.74) is 0.310. The molecule has 6 nitrogen and oxygen atoms in total. The van der Waals surface area contributed by atoms with Gasteiger partial charge in [0.15, 0.2) is 0 Å². The van der Waals surface area contributed by atoms with Gasteiger partial charge in [0.25, 0.3) is 5.91 Å². The average Bonchev–Trinajstić information content (AvgIpc) is 2.60. The molecule has 0 aliphatic carbocycles. The van der Waals surface area contributed by atoms with Crippen LogP contribution in [0.4, 0.5) is 14.5 Å². The van der Waals surface area contributed by atoms with Crippen LogP contribution in [-0.4, -0.2) is 32.1 Å². The van der Waals surface area contributed by atoms with Crippen molar-refractivity contribution < 1.29 is 27.8 Å². The summed E-state index contributed by atoms with van der Waals surface area (Å²) < 4.78 is 34.0. The fourth-order valence-corrected chi connectivity index (χ4v) is 2.32. The summed E-state index contributed by atoms with van der Waals surface area (Å²) in [5, 5.41) is 5.19. The number of para-hydroxylation sites is 1. The molecule has 2 amide bonds. The third-order valence-electron chi connectivity index (χ3n) is 3.19. The number of rotatable bonds is 7. The van der Waals surface area contributed by atoms with Crippen molar-refractivity contribution in [2.24, 2.45) is 0 Å². The molecule has 2 aromatic rings. The summed E-state index contributed by atoms with van der Waals surface area (Å²) in [6, 6.07) is 10.1. The van der Waals surface area contributed by atoms with Crippen molar-refractivity contribution in [1.82, 2.24) is 5.32 Å². The molecule has 0 bridgehead atoms. The van der Waals surface area contributed by atoms with E-state index in [1.807, 2.05) is 0 Å². The van der Waals surface area contributed by atoms with E-state index in [1.165, 1.54) is 37.4 Å². The highest BCUT2D eigenvalue weighted by molar-refractivity contribution is 6.32. The number of ether oxygens (including phenoxy) is 2. The number of amides is 2. The lowest BCUT2D eigenvalue weighted by Gasteiger charge is -2.11. The smallest absolute Gasteiger partial charge is 0.387 e. The molecule has 2 rings (SSSR count). The van der Waals surface area contributed by atoms with Crippen LogP contribution in [0.1, 0.15) is 10.4 Å². The highest BCUT2D eigenvalue weighted by atomic mass is 35.5. The monoisotopic (exact) mass is 384 g/mol. The molecule has 0 spiro atoms. The first-order valence-electron chi connectivity index (χ1n) is 7.36. The molecule has 0 saturated carbocycles. The first-order chi connectivity index (χ1) is 12.4. The molecular formula is C17H15ClF2N2O4. The van der Waals surface area contributed by atoms with Gasteiger partial charge >= 0.3 is 6.61 Å². The van der Waals surface area contributed by atoms with Gasteiger partial charge in [-0.05, 0) is 30.3 Å². The lowest BCUT2D eigenvalue weighted by Crippen LogP contribution is -2.33. The Kier molecular flexibility index (Phi) is 6.74. The molecule has 2 aromatic carbocycles. The van der Waals surface area contributed by atoms with E-state index in [-0.39, 0.29) is 17.9 Å². The van der Waals surface area contributed by atoms with Crippen molar-refractivity contribution in [3.05, 3.63) is 53.1 Å². The molecule has 0 atom stereocenters. The summed E-state index contributed by atoms with van der Waals surface area (Å²) in [7, 11) is 1.46. The Balaban J connectivity index is 1.95. The van der Waals surface area contributed by atoms with Crippen LogP contribution in [-0.2, 0) is 4.79 Å². The van der Waals surface area contributed by atoms with Crippen LogP contribution in [0.15, 0.2) is 42.5 Å². The van der Waals surface area contributed by atoms with Crippen LogP contribution in [0.25, 0.3) is 0 Å². The van der Waals surface area contributed by atoms with Crippen LogP contribution in [0.3, 0.4) is 0 Å². The Morgan fingerprint density at radius 2 is 1.88 bits per heavy atom. The topological polar surface area (TPSA) is 76.7 Å². The lowest BCUT2D eigenvalue weighted by atomic mass is 10.2. The Morgan fingerprint density at radius 3 is 2.54 bits per heavy atom. The minimum absolute atomic E-state index is 0.104. The Labute approximate surface area is 153 Å². The molecule has 26 heavy (non-hydrogen) atoms. The molecule has 0 radical (unpaired) electrons. The maximum Gasteiger partial charge on any atom is 0.387 e. The van der Waals surface area contributed by atoms with Gasteiger partial charge in [-0.2, -0.15) is 8.78 Å². The number of methoxy groups -OCH3 is 1. The first kappa shape index (κ1) is 19.5. The second-order valence-electron chi connectivity index (χ2n) is 4.95. The number of hydrogen-bond acceptors (Lipinski definition) is 4. The summed E-state index contributed by atoms with van der Waals surface area (Å²) in [6.07, 6.45) is 0. The van der Waals surface area contributed by atoms with Crippen LogP contribution in [0.2, 0.25) is 5.02 Å². The Morgan fingerprint density at radius 1 is 1.15 bits per heavy atom. The Hall–Kier alpha value is -2.87. The molecule has 0 aliphatic heterocycles. The van der Waals surface area contributed by atoms with Gasteiger partial charge in [0, 0.05) is 5.69 Å². The van der Waals surface area contributed by atoms with Gasteiger partial charge in [0.05, 0.1) is 24.2 Å². The van der Waals surface area contributed by atoms with Gasteiger partial charge in [-0.3, -0.25) is 9.59 Å². The molecule has 138 valence electrons. The predicted molar refractivity (Wildman–Crippen MR) is 92.0 cm³/mol. The van der Waals surface area contributed by atoms with E-state index in [4.69, 9.17) is 16.3 Å². The number of hydrogen-bond donors (Lipinski definition) is 2. The van der Waals surface area contributed by atoms with Gasteiger partial charge in [-0.15, -0.1) is 0 Å². The minimum atomic E-state index is -3.06. The standard InChI is InChI=1S/C17H15ClF2N2O4/c1-25-14-7-6-10(8-12(14)18)22-15(23)9-21-16(24)11-4-2-3-5-13(11)26-17(19)20/h2-8,17H,9H2,1H3,(H,21,24)(H,22,23). The second-order valence-corrected chi connectivity index (χ2v) is 5.36. The van der Waals surface area contributed by atoms with Crippen LogP contribution in [0, 0.1) is 0 Å².